The Bertz CT molecular complexity index is 1210. The summed E-state index contributed by atoms with van der Waals surface area (Å²) in [7, 11) is 1.63. The first kappa shape index (κ1) is 25.4. The third-order valence-corrected chi connectivity index (χ3v) is 5.70. The highest BCUT2D eigenvalue weighted by Crippen LogP contribution is 2.15. The normalized spacial score (nSPS) is 10.5. The summed E-state index contributed by atoms with van der Waals surface area (Å²) in [6.07, 6.45) is 3.88. The van der Waals surface area contributed by atoms with E-state index in [1.165, 1.54) is 6.20 Å². The number of urea groups is 1. The van der Waals surface area contributed by atoms with Crippen LogP contribution in [0.5, 0.6) is 0 Å². The monoisotopic (exact) mass is 472 g/mol. The van der Waals surface area contributed by atoms with Gasteiger partial charge in [-0.05, 0) is 55.2 Å². The number of hydrogen-bond acceptors (Lipinski definition) is 5. The van der Waals surface area contributed by atoms with Gasteiger partial charge in [-0.1, -0.05) is 35.9 Å². The van der Waals surface area contributed by atoms with Crippen molar-refractivity contribution in [3.63, 3.8) is 0 Å². The fourth-order valence-electron chi connectivity index (χ4n) is 3.71. The molecule has 0 aliphatic carbocycles. The molecule has 3 rings (SSSR count). The number of pyridine rings is 1. The minimum Gasteiger partial charge on any atom is -0.398 e. The highest BCUT2D eigenvalue weighted by atomic mass is 16.2. The van der Waals surface area contributed by atoms with Crippen LogP contribution in [-0.2, 0) is 13.0 Å². The van der Waals surface area contributed by atoms with E-state index in [-0.39, 0.29) is 24.2 Å². The molecular formula is C27H32N6O2. The second kappa shape index (κ2) is 11.8. The van der Waals surface area contributed by atoms with E-state index in [2.05, 4.69) is 15.6 Å². The van der Waals surface area contributed by atoms with Crippen LogP contribution in [0.25, 0.3) is 0 Å². The van der Waals surface area contributed by atoms with Gasteiger partial charge < -0.3 is 26.7 Å². The van der Waals surface area contributed by atoms with Gasteiger partial charge in [0.1, 0.15) is 0 Å². The smallest absolute Gasteiger partial charge is 0.317 e. The maximum atomic E-state index is 12.7. The number of nitrogens with one attached hydrogen (secondary N) is 3. The molecule has 0 atom stereocenters. The molecule has 1 aromatic heterocycles. The number of rotatable bonds is 9. The van der Waals surface area contributed by atoms with Crippen LogP contribution in [0.1, 0.15) is 45.1 Å². The largest absolute Gasteiger partial charge is 0.398 e. The van der Waals surface area contributed by atoms with Crippen molar-refractivity contribution in [3.8, 4) is 0 Å². The number of carbonyl (C=O) groups is 2. The Labute approximate surface area is 206 Å². The molecule has 0 bridgehead atoms. The van der Waals surface area contributed by atoms with Gasteiger partial charge in [0.05, 0.1) is 17.8 Å². The number of amides is 3. The van der Waals surface area contributed by atoms with Gasteiger partial charge in [-0.3, -0.25) is 9.78 Å². The molecule has 8 heteroatoms. The number of anilines is 1. The molecule has 2 aromatic carbocycles. The summed E-state index contributed by atoms with van der Waals surface area (Å²) in [6.45, 7) is 5.12. The SMILES string of the molecule is CCN(Cc1ccc(Cc2cncc(C(=O)NCC(=N)c3cc(C)ccc3N)c2)cc1)C(=O)NC. The summed E-state index contributed by atoms with van der Waals surface area (Å²) in [5.74, 6) is -0.292. The zero-order valence-corrected chi connectivity index (χ0v) is 20.4. The van der Waals surface area contributed by atoms with Gasteiger partial charge in [0.2, 0.25) is 0 Å². The van der Waals surface area contributed by atoms with Crippen LogP contribution in [0.3, 0.4) is 0 Å². The molecule has 182 valence electrons. The highest BCUT2D eigenvalue weighted by Gasteiger charge is 2.12. The van der Waals surface area contributed by atoms with Crippen LogP contribution in [0.15, 0.2) is 60.9 Å². The highest BCUT2D eigenvalue weighted by molar-refractivity contribution is 6.06. The zero-order chi connectivity index (χ0) is 25.4. The quantitative estimate of drug-likeness (QED) is 0.281. The number of nitrogens with two attached hydrogens (primary N) is 1. The lowest BCUT2D eigenvalue weighted by Crippen LogP contribution is -2.37. The first-order valence-electron chi connectivity index (χ1n) is 11.5. The van der Waals surface area contributed by atoms with Gasteiger partial charge in [-0.2, -0.15) is 0 Å². The lowest BCUT2D eigenvalue weighted by atomic mass is 10.0. The van der Waals surface area contributed by atoms with Crippen LogP contribution in [0.2, 0.25) is 0 Å². The summed E-state index contributed by atoms with van der Waals surface area (Å²) in [6, 6.07) is 15.3. The molecule has 0 saturated heterocycles. The molecule has 0 radical (unpaired) electrons. The molecular weight excluding hydrogens is 440 g/mol. The first-order chi connectivity index (χ1) is 16.8. The molecule has 35 heavy (non-hydrogen) atoms. The molecule has 0 saturated carbocycles. The van der Waals surface area contributed by atoms with E-state index >= 15 is 0 Å². The number of hydrogen-bond donors (Lipinski definition) is 4. The number of benzene rings is 2. The van der Waals surface area contributed by atoms with Gasteiger partial charge in [0.25, 0.3) is 5.91 Å². The molecule has 0 aliphatic heterocycles. The van der Waals surface area contributed by atoms with E-state index in [1.807, 2.05) is 56.3 Å². The second-order valence-electron chi connectivity index (χ2n) is 8.40. The molecule has 3 amide bonds. The van der Waals surface area contributed by atoms with Crippen molar-refractivity contribution in [1.29, 1.82) is 5.41 Å². The summed E-state index contributed by atoms with van der Waals surface area (Å²) in [5.41, 5.74) is 11.8. The maximum absolute atomic E-state index is 12.7. The average Bonchev–Trinajstić information content (AvgIpc) is 2.87. The van der Waals surface area contributed by atoms with E-state index in [4.69, 9.17) is 11.1 Å². The minimum atomic E-state index is -0.292. The van der Waals surface area contributed by atoms with E-state index in [1.54, 1.807) is 24.2 Å². The van der Waals surface area contributed by atoms with Crippen molar-refractivity contribution in [2.24, 2.45) is 0 Å². The Morgan fingerprint density at radius 1 is 1.03 bits per heavy atom. The minimum absolute atomic E-state index is 0.0724. The molecule has 0 aliphatic rings. The molecule has 0 fully saturated rings. The number of carbonyl (C=O) groups excluding carboxylic acids is 2. The van der Waals surface area contributed by atoms with Gasteiger partial charge in [0, 0.05) is 43.8 Å². The topological polar surface area (TPSA) is 124 Å². The van der Waals surface area contributed by atoms with E-state index in [9.17, 15) is 9.59 Å². The number of aromatic nitrogens is 1. The van der Waals surface area contributed by atoms with Crippen molar-refractivity contribution < 1.29 is 9.59 Å². The van der Waals surface area contributed by atoms with Crippen LogP contribution in [0, 0.1) is 12.3 Å². The molecule has 1 heterocycles. The van der Waals surface area contributed by atoms with Crippen LogP contribution in [-0.4, -0.2) is 47.7 Å². The Morgan fingerprint density at radius 2 is 1.74 bits per heavy atom. The van der Waals surface area contributed by atoms with E-state index in [0.717, 1.165) is 22.3 Å². The predicted molar refractivity (Wildman–Crippen MR) is 139 cm³/mol. The summed E-state index contributed by atoms with van der Waals surface area (Å²) >= 11 is 0. The Kier molecular flexibility index (Phi) is 8.56. The van der Waals surface area contributed by atoms with Crippen molar-refractivity contribution in [2.45, 2.75) is 26.8 Å². The number of nitrogen functional groups attached to an aromatic ring is 1. The van der Waals surface area contributed by atoms with Crippen LogP contribution in [0.4, 0.5) is 10.5 Å². The van der Waals surface area contributed by atoms with E-state index < -0.39 is 0 Å². The Morgan fingerprint density at radius 3 is 2.43 bits per heavy atom. The number of aryl methyl sites for hydroxylation is 1. The second-order valence-corrected chi connectivity index (χ2v) is 8.40. The first-order valence-corrected chi connectivity index (χ1v) is 11.5. The molecule has 0 spiro atoms. The Balaban J connectivity index is 1.60. The van der Waals surface area contributed by atoms with Gasteiger partial charge >= 0.3 is 6.03 Å². The van der Waals surface area contributed by atoms with Gasteiger partial charge in [-0.25, -0.2) is 4.79 Å². The maximum Gasteiger partial charge on any atom is 0.317 e. The standard InChI is InChI=1S/C27H32N6O2/c1-4-33(27(35)30-3)17-20-8-6-19(7-9-20)12-21-13-22(15-31-14-21)26(34)32-16-25(29)23-11-18(2)5-10-24(23)28/h5-11,13-15,29H,4,12,16-17,28H2,1-3H3,(H,30,35)(H,32,34). The van der Waals surface area contributed by atoms with Crippen LogP contribution < -0.4 is 16.4 Å². The third kappa shape index (κ3) is 6.89. The zero-order valence-electron chi connectivity index (χ0n) is 20.4. The lowest BCUT2D eigenvalue weighted by Gasteiger charge is -2.20. The molecule has 0 unspecified atom stereocenters. The summed E-state index contributed by atoms with van der Waals surface area (Å²) < 4.78 is 0. The lowest BCUT2D eigenvalue weighted by molar-refractivity contribution is 0.0958. The summed E-state index contributed by atoms with van der Waals surface area (Å²) in [5, 5.41) is 13.7. The fraction of sp³-hybridized carbons (Fsp3) is 0.259. The van der Waals surface area contributed by atoms with Crippen LogP contribution >= 0.6 is 0 Å². The van der Waals surface area contributed by atoms with Crippen molar-refractivity contribution in [1.82, 2.24) is 20.5 Å². The van der Waals surface area contributed by atoms with Gasteiger partial charge in [0.15, 0.2) is 0 Å². The van der Waals surface area contributed by atoms with Crippen molar-refractivity contribution in [3.05, 3.63) is 94.3 Å². The predicted octanol–water partition coefficient (Wildman–Crippen LogP) is 3.52. The van der Waals surface area contributed by atoms with Gasteiger partial charge in [-0.15, -0.1) is 0 Å². The van der Waals surface area contributed by atoms with Crippen molar-refractivity contribution >= 4 is 23.3 Å². The third-order valence-electron chi connectivity index (χ3n) is 5.70. The summed E-state index contributed by atoms with van der Waals surface area (Å²) in [4.78, 5) is 30.5. The molecule has 8 nitrogen and oxygen atoms in total. The molecule has 3 aromatic rings. The average molecular weight is 473 g/mol. The Hall–Kier alpha value is -4.20. The molecule has 5 N–H and O–H groups in total. The number of nitrogens with zero attached hydrogens (tertiary/aromatic N) is 2. The van der Waals surface area contributed by atoms with E-state index in [0.29, 0.717) is 36.3 Å². The fourth-order valence-corrected chi connectivity index (χ4v) is 3.71. The van der Waals surface area contributed by atoms with Crippen molar-refractivity contribution in [2.75, 3.05) is 25.9 Å².